The molecule has 0 atom stereocenters. The van der Waals surface area contributed by atoms with Crippen LogP contribution in [0.1, 0.15) is 34.7 Å². The van der Waals surface area contributed by atoms with Crippen molar-refractivity contribution < 1.29 is 35.7 Å². The fourth-order valence-electron chi connectivity index (χ4n) is 3.49. The van der Waals surface area contributed by atoms with Gasteiger partial charge in [0.05, 0.1) is 11.5 Å². The van der Waals surface area contributed by atoms with Crippen LogP contribution in [-0.4, -0.2) is 54.3 Å². The smallest absolute Gasteiger partial charge is 0.406 e. The molecule has 32 heavy (non-hydrogen) atoms. The minimum atomic E-state index is -4.80. The predicted molar refractivity (Wildman–Crippen MR) is 105 cm³/mol. The highest BCUT2D eigenvalue weighted by Gasteiger charge is 2.37. The van der Waals surface area contributed by atoms with Gasteiger partial charge in [0, 0.05) is 30.8 Å². The predicted octanol–water partition coefficient (Wildman–Crippen LogP) is 3.49. The first-order valence-corrected chi connectivity index (χ1v) is 11.0. The summed E-state index contributed by atoms with van der Waals surface area (Å²) in [5.74, 6) is -1.95. The van der Waals surface area contributed by atoms with Crippen LogP contribution in [0, 0.1) is 17.0 Å². The van der Waals surface area contributed by atoms with Crippen molar-refractivity contribution in [2.45, 2.75) is 37.4 Å². The molecule has 0 unspecified atom stereocenters. The minimum absolute atomic E-state index is 0.108. The van der Waals surface area contributed by atoms with Gasteiger partial charge in [0.1, 0.15) is 17.2 Å². The monoisotopic (exact) mass is 475 g/mol. The van der Waals surface area contributed by atoms with Crippen molar-refractivity contribution in [1.29, 1.82) is 0 Å². The number of nitro groups is 1. The molecule has 0 radical (unpaired) electrons. The van der Waals surface area contributed by atoms with Crippen molar-refractivity contribution >= 4 is 21.6 Å². The summed E-state index contributed by atoms with van der Waals surface area (Å²) in [6.45, 7) is -0.520. The van der Waals surface area contributed by atoms with Gasteiger partial charge in [-0.25, -0.2) is 8.42 Å². The van der Waals surface area contributed by atoms with E-state index in [1.165, 1.54) is 29.4 Å². The van der Waals surface area contributed by atoms with Crippen molar-refractivity contribution in [3.05, 3.63) is 57.5 Å². The summed E-state index contributed by atoms with van der Waals surface area (Å²) >= 11 is 0. The summed E-state index contributed by atoms with van der Waals surface area (Å²) in [5.41, 5.74) is -0.552. The van der Waals surface area contributed by atoms with Crippen LogP contribution in [0.3, 0.4) is 0 Å². The average Bonchev–Trinajstić information content (AvgIpc) is 3.36. The van der Waals surface area contributed by atoms with Crippen LogP contribution in [0.25, 0.3) is 0 Å². The van der Waals surface area contributed by atoms with Crippen LogP contribution in [0.15, 0.2) is 39.6 Å². The van der Waals surface area contributed by atoms with Crippen LogP contribution in [-0.2, 0) is 16.6 Å². The maximum Gasteiger partial charge on any atom is 0.406 e. The number of alkyl halides is 3. The third-order valence-corrected chi connectivity index (χ3v) is 6.98. The first-order valence-electron chi connectivity index (χ1n) is 9.59. The maximum absolute atomic E-state index is 13.2. The highest BCUT2D eigenvalue weighted by Crippen LogP contribution is 2.29. The number of sulfonamides is 1. The lowest BCUT2D eigenvalue weighted by molar-refractivity contribution is -0.385. The molecule has 2 aromatic rings. The normalized spacial score (nSPS) is 15.1. The minimum Gasteiger partial charge on any atom is -0.455 e. The molecule has 1 aliphatic heterocycles. The van der Waals surface area contributed by atoms with Crippen LogP contribution < -0.4 is 0 Å². The molecule has 174 valence electrons. The molecule has 0 bridgehead atoms. The van der Waals surface area contributed by atoms with E-state index in [2.05, 4.69) is 0 Å². The molecule has 1 fully saturated rings. The third-order valence-electron chi connectivity index (χ3n) is 4.97. The fourth-order valence-corrected chi connectivity index (χ4v) is 5.17. The quantitative estimate of drug-likeness (QED) is 0.447. The van der Waals surface area contributed by atoms with Gasteiger partial charge in [0.25, 0.3) is 11.6 Å². The number of hydrogen-bond donors (Lipinski definition) is 0. The van der Waals surface area contributed by atoms with Crippen molar-refractivity contribution in [3.8, 4) is 0 Å². The van der Waals surface area contributed by atoms with Crippen LogP contribution in [0.5, 0.6) is 0 Å². The second-order valence-corrected chi connectivity index (χ2v) is 9.21. The molecule has 0 spiro atoms. The van der Waals surface area contributed by atoms with E-state index >= 15 is 0 Å². The largest absolute Gasteiger partial charge is 0.455 e. The Hall–Kier alpha value is -2.93. The van der Waals surface area contributed by atoms with Gasteiger partial charge in [-0.05, 0) is 19.8 Å². The molecule has 1 amide bonds. The van der Waals surface area contributed by atoms with Crippen molar-refractivity contribution in [1.82, 2.24) is 9.21 Å². The Morgan fingerprint density at radius 1 is 1.25 bits per heavy atom. The Kier molecular flexibility index (Phi) is 6.60. The molecule has 0 N–H and O–H groups in total. The summed E-state index contributed by atoms with van der Waals surface area (Å²) in [6.07, 6.45) is -3.44. The molecule has 1 aliphatic rings. The standard InChI is InChI=1S/C19H20F3N3O6S/c1-13-17(32(29,30)24-8-4-5-9-24)10-16(31-13)18(26)23(12-19(20,21)22)11-14-6-2-3-7-15(14)25(27)28/h2-3,6-7,10H,4-5,8-9,11-12H2,1H3. The Morgan fingerprint density at radius 3 is 2.47 bits per heavy atom. The second kappa shape index (κ2) is 8.90. The van der Waals surface area contributed by atoms with E-state index in [9.17, 15) is 36.5 Å². The van der Waals surface area contributed by atoms with Gasteiger partial charge in [-0.15, -0.1) is 0 Å². The summed E-state index contributed by atoms with van der Waals surface area (Å²) < 4.78 is 71.5. The van der Waals surface area contributed by atoms with Gasteiger partial charge in [-0.2, -0.15) is 17.5 Å². The number of rotatable bonds is 7. The molecular formula is C19H20F3N3O6S. The fraction of sp³-hybridized carbons (Fsp3) is 0.421. The molecule has 1 aromatic heterocycles. The number of benzene rings is 1. The number of para-hydroxylation sites is 1. The van der Waals surface area contributed by atoms with E-state index in [-0.39, 0.29) is 16.2 Å². The van der Waals surface area contributed by atoms with E-state index in [4.69, 9.17) is 4.42 Å². The molecule has 1 saturated heterocycles. The van der Waals surface area contributed by atoms with E-state index < -0.39 is 51.6 Å². The summed E-state index contributed by atoms with van der Waals surface area (Å²) in [4.78, 5) is 23.4. The first-order chi connectivity index (χ1) is 14.9. The number of aryl methyl sites for hydroxylation is 1. The number of nitrogens with zero attached hydrogens (tertiary/aromatic N) is 3. The van der Waals surface area contributed by atoms with Crippen molar-refractivity contribution in [2.24, 2.45) is 0 Å². The number of amides is 1. The van der Waals surface area contributed by atoms with Gasteiger partial charge >= 0.3 is 6.18 Å². The molecule has 2 heterocycles. The van der Waals surface area contributed by atoms with Crippen molar-refractivity contribution in [2.75, 3.05) is 19.6 Å². The number of hydrogen-bond acceptors (Lipinski definition) is 6. The van der Waals surface area contributed by atoms with Crippen LogP contribution in [0.2, 0.25) is 0 Å². The molecule has 0 aliphatic carbocycles. The Morgan fingerprint density at radius 2 is 1.88 bits per heavy atom. The molecule has 3 rings (SSSR count). The Labute approximate surface area is 181 Å². The van der Waals surface area contributed by atoms with Gasteiger partial charge in [0.15, 0.2) is 5.76 Å². The third kappa shape index (κ3) is 5.10. The SMILES string of the molecule is Cc1oc(C(=O)N(Cc2ccccc2[N+](=O)[O-])CC(F)(F)F)cc1S(=O)(=O)N1CCCC1. The van der Waals surface area contributed by atoms with Crippen LogP contribution in [0.4, 0.5) is 18.9 Å². The molecule has 9 nitrogen and oxygen atoms in total. The molecule has 0 saturated carbocycles. The van der Waals surface area contributed by atoms with Crippen LogP contribution >= 0.6 is 0 Å². The number of halogens is 3. The van der Waals surface area contributed by atoms with E-state index in [1.807, 2.05) is 0 Å². The highest BCUT2D eigenvalue weighted by molar-refractivity contribution is 7.89. The van der Waals surface area contributed by atoms with E-state index in [1.54, 1.807) is 0 Å². The highest BCUT2D eigenvalue weighted by atomic mass is 32.2. The zero-order valence-corrected chi connectivity index (χ0v) is 17.8. The Bertz CT molecular complexity index is 1120. The van der Waals surface area contributed by atoms with Gasteiger partial charge < -0.3 is 9.32 Å². The van der Waals surface area contributed by atoms with Gasteiger partial charge in [-0.3, -0.25) is 14.9 Å². The zero-order valence-electron chi connectivity index (χ0n) is 17.0. The lowest BCUT2D eigenvalue weighted by Crippen LogP contribution is -2.38. The molecular weight excluding hydrogens is 455 g/mol. The summed E-state index contributed by atoms with van der Waals surface area (Å²) in [7, 11) is -3.96. The molecule has 1 aromatic carbocycles. The first kappa shape index (κ1) is 23.7. The second-order valence-electron chi connectivity index (χ2n) is 7.30. The van der Waals surface area contributed by atoms with Crippen molar-refractivity contribution in [3.63, 3.8) is 0 Å². The molecule has 13 heteroatoms. The van der Waals surface area contributed by atoms with Gasteiger partial charge in [0.2, 0.25) is 10.0 Å². The summed E-state index contributed by atoms with van der Waals surface area (Å²) in [6, 6.07) is 6.02. The van der Waals surface area contributed by atoms with E-state index in [0.717, 1.165) is 12.1 Å². The number of carbonyl (C=O) groups is 1. The lowest BCUT2D eigenvalue weighted by Gasteiger charge is -2.23. The zero-order chi connectivity index (χ0) is 23.7. The number of furan rings is 1. The average molecular weight is 475 g/mol. The van der Waals surface area contributed by atoms with E-state index in [0.29, 0.717) is 30.8 Å². The number of nitro benzene ring substituents is 1. The topological polar surface area (TPSA) is 114 Å². The lowest BCUT2D eigenvalue weighted by atomic mass is 10.1. The maximum atomic E-state index is 13.2. The number of carbonyl (C=O) groups excluding carboxylic acids is 1. The summed E-state index contributed by atoms with van der Waals surface area (Å²) in [5, 5.41) is 11.2. The Balaban J connectivity index is 1.95. The van der Waals surface area contributed by atoms with Gasteiger partial charge in [-0.1, -0.05) is 18.2 Å².